The number of hydrogen-bond acceptors (Lipinski definition) is 25. The fourth-order valence-corrected chi connectivity index (χ4v) is 16.4. The lowest BCUT2D eigenvalue weighted by Crippen LogP contribution is -2.67. The van der Waals surface area contributed by atoms with Gasteiger partial charge in [0, 0.05) is 5.92 Å². The molecule has 0 aromatic carbocycles. The Bertz CT molecular complexity index is 1960. The van der Waals surface area contributed by atoms with Crippen molar-refractivity contribution in [3.63, 3.8) is 0 Å². The van der Waals surface area contributed by atoms with Crippen LogP contribution in [0.1, 0.15) is 79.1 Å². The van der Waals surface area contributed by atoms with Crippen molar-refractivity contribution in [2.45, 2.75) is 232 Å². The van der Waals surface area contributed by atoms with Crippen LogP contribution in [0.25, 0.3) is 0 Å². The normalized spacial score (nSPS) is 58.4. The van der Waals surface area contributed by atoms with Gasteiger partial charge in [0.05, 0.1) is 51.3 Å². The minimum absolute atomic E-state index is 0.0715. The number of hydrogen-bond donors (Lipinski definition) is 15. The molecule has 0 radical (unpaired) electrons. The van der Waals surface area contributed by atoms with Crippen LogP contribution in [0.3, 0.4) is 0 Å². The molecular formula is C51H84O25. The van der Waals surface area contributed by atoms with Gasteiger partial charge in [-0.1, -0.05) is 27.7 Å². The van der Waals surface area contributed by atoms with E-state index in [-0.39, 0.29) is 58.4 Å². The summed E-state index contributed by atoms with van der Waals surface area (Å²) in [5, 5.41) is 161. The van der Waals surface area contributed by atoms with E-state index in [4.69, 9.17) is 47.4 Å². The predicted molar refractivity (Wildman–Crippen MR) is 251 cm³/mol. The zero-order chi connectivity index (χ0) is 54.7. The van der Waals surface area contributed by atoms with Gasteiger partial charge in [0.2, 0.25) is 0 Å². The molecular weight excluding hydrogens is 1010 g/mol. The smallest absolute Gasteiger partial charge is 0.197 e. The molecule has 25 nitrogen and oxygen atoms in total. The molecule has 6 saturated heterocycles. The van der Waals surface area contributed by atoms with Crippen molar-refractivity contribution in [1.82, 2.24) is 0 Å². The van der Waals surface area contributed by atoms with Crippen LogP contribution in [-0.4, -0.2) is 263 Å². The molecule has 34 unspecified atom stereocenters. The lowest BCUT2D eigenvalue weighted by molar-refractivity contribution is -0.381. The summed E-state index contributed by atoms with van der Waals surface area (Å²) in [6, 6.07) is 0. The lowest BCUT2D eigenvalue weighted by atomic mass is 9.43. The average molecular weight is 1100 g/mol. The van der Waals surface area contributed by atoms with Crippen LogP contribution in [0, 0.1) is 52.3 Å². The third kappa shape index (κ3) is 9.65. The highest BCUT2D eigenvalue weighted by atomic mass is 16.8. The fourth-order valence-electron chi connectivity index (χ4n) is 16.4. The zero-order valence-electron chi connectivity index (χ0n) is 43.4. The topological polar surface area (TPSA) is 396 Å². The van der Waals surface area contributed by atoms with Crippen molar-refractivity contribution < 1.29 is 124 Å². The lowest BCUT2D eigenvalue weighted by Gasteiger charge is -2.63. The van der Waals surface area contributed by atoms with Crippen LogP contribution in [0.15, 0.2) is 0 Å². The molecule has 1 spiro atoms. The van der Waals surface area contributed by atoms with Crippen molar-refractivity contribution in [2.75, 3.05) is 33.0 Å². The van der Waals surface area contributed by atoms with Crippen molar-refractivity contribution in [1.29, 1.82) is 0 Å². The van der Waals surface area contributed by atoms with E-state index in [0.29, 0.717) is 38.7 Å². The molecule has 0 amide bonds. The molecule has 10 rings (SSSR count). The van der Waals surface area contributed by atoms with Crippen molar-refractivity contribution in [3.8, 4) is 0 Å². The third-order valence-electron chi connectivity index (χ3n) is 20.4. The SMILES string of the molecule is CC1COC2(OC3CC4C5CC(OC6OC(CO)C(O)C(O)C6O)C6CC(OC7OC(CO)C(OC8OC(CO)C(OC9OC(CO)C(O)C(O)C9O)C(O)C8O)C(O)C7O)CCC6(C)C5CCC4(C)C3C2C)C(O)C1. The highest BCUT2D eigenvalue weighted by molar-refractivity contribution is 5.17. The van der Waals surface area contributed by atoms with E-state index in [0.717, 1.165) is 19.3 Å². The molecule has 0 bridgehead atoms. The molecule has 6 heterocycles. The molecule has 438 valence electrons. The zero-order valence-corrected chi connectivity index (χ0v) is 43.4. The molecule has 6 aliphatic heterocycles. The Labute approximate surface area is 440 Å². The summed E-state index contributed by atoms with van der Waals surface area (Å²) in [7, 11) is 0. The number of rotatable bonds is 12. The van der Waals surface area contributed by atoms with Gasteiger partial charge in [0.15, 0.2) is 30.9 Å². The van der Waals surface area contributed by atoms with Crippen LogP contribution < -0.4 is 0 Å². The Kier molecular flexibility index (Phi) is 17.1. The van der Waals surface area contributed by atoms with Gasteiger partial charge in [-0.25, -0.2) is 0 Å². The second kappa shape index (κ2) is 22.3. The Balaban J connectivity index is 0.836. The molecule has 10 fully saturated rings. The Morgan fingerprint density at radius 1 is 0.474 bits per heavy atom. The Morgan fingerprint density at radius 2 is 0.961 bits per heavy atom. The molecule has 10 aliphatic rings. The van der Waals surface area contributed by atoms with E-state index in [1.165, 1.54) is 0 Å². The maximum Gasteiger partial charge on any atom is 0.197 e. The van der Waals surface area contributed by atoms with Gasteiger partial charge >= 0.3 is 0 Å². The van der Waals surface area contributed by atoms with E-state index >= 15 is 0 Å². The molecule has 15 N–H and O–H groups in total. The number of fused-ring (bicyclic) bond motifs is 7. The molecule has 34 atom stereocenters. The summed E-state index contributed by atoms with van der Waals surface area (Å²) < 4.78 is 61.3. The predicted octanol–water partition coefficient (Wildman–Crippen LogP) is -4.97. The number of aliphatic hydroxyl groups is 15. The fraction of sp³-hybridized carbons (Fsp3) is 1.00. The summed E-state index contributed by atoms with van der Waals surface area (Å²) in [6.45, 7) is 6.23. The van der Waals surface area contributed by atoms with Crippen LogP contribution in [0.4, 0.5) is 0 Å². The summed E-state index contributed by atoms with van der Waals surface area (Å²) in [5.74, 6) is -0.578. The second-order valence-corrected chi connectivity index (χ2v) is 24.6. The first-order valence-electron chi connectivity index (χ1n) is 27.5. The van der Waals surface area contributed by atoms with E-state index in [9.17, 15) is 76.6 Å². The first-order valence-corrected chi connectivity index (χ1v) is 27.5. The van der Waals surface area contributed by atoms with E-state index in [2.05, 4.69) is 27.7 Å². The highest BCUT2D eigenvalue weighted by Crippen LogP contribution is 2.72. The second-order valence-electron chi connectivity index (χ2n) is 24.6. The number of ether oxygens (including phenoxy) is 10. The summed E-state index contributed by atoms with van der Waals surface area (Å²) in [6.07, 6.45) is -30.3. The largest absolute Gasteiger partial charge is 0.394 e. The van der Waals surface area contributed by atoms with Gasteiger partial charge in [-0.2, -0.15) is 0 Å². The maximum atomic E-state index is 11.6. The van der Waals surface area contributed by atoms with Crippen molar-refractivity contribution in [2.24, 2.45) is 52.3 Å². The number of aliphatic hydroxyl groups excluding tert-OH is 15. The molecule has 76 heavy (non-hydrogen) atoms. The maximum absolute atomic E-state index is 11.6. The van der Waals surface area contributed by atoms with Crippen molar-refractivity contribution >= 4 is 0 Å². The molecule has 0 aromatic heterocycles. The summed E-state index contributed by atoms with van der Waals surface area (Å²) >= 11 is 0. The Hall–Kier alpha value is -1.00. The summed E-state index contributed by atoms with van der Waals surface area (Å²) in [5.41, 5.74) is -0.560. The highest BCUT2D eigenvalue weighted by Gasteiger charge is 2.72. The van der Waals surface area contributed by atoms with Crippen LogP contribution in [-0.2, 0) is 47.4 Å². The van der Waals surface area contributed by atoms with Gasteiger partial charge in [0.25, 0.3) is 0 Å². The minimum atomic E-state index is -2.00. The van der Waals surface area contributed by atoms with Crippen molar-refractivity contribution in [3.05, 3.63) is 0 Å². The summed E-state index contributed by atoms with van der Waals surface area (Å²) in [4.78, 5) is 0. The van der Waals surface area contributed by atoms with Crippen LogP contribution in [0.5, 0.6) is 0 Å². The molecule has 4 saturated carbocycles. The minimum Gasteiger partial charge on any atom is -0.394 e. The van der Waals surface area contributed by atoms with Gasteiger partial charge in [-0.05, 0) is 97.7 Å². The van der Waals surface area contributed by atoms with Crippen LogP contribution >= 0.6 is 0 Å². The standard InChI is InChI=1S/C51H84O25/c1-18-9-31(56)51(67-17-18)19(2)32-26(76-51)12-23-21-11-25(69-46-39(63)35(59)33(57)27(13-52)70-46)24-10-20(5-7-49(24,3)22(21)6-8-50(23,32)4)68-45-41(65)37(61)43(29(15-54)72-45)75-48-42(66)38(62)44(30(16-55)73-48)74-47-40(64)36(60)34(58)28(14-53)71-47/h18-48,52-66H,5-17H2,1-4H3. The van der Waals surface area contributed by atoms with Gasteiger partial charge in [-0.3, -0.25) is 0 Å². The molecule has 0 aromatic rings. The van der Waals surface area contributed by atoms with E-state index in [1.807, 2.05) is 0 Å². The van der Waals surface area contributed by atoms with Gasteiger partial charge in [0.1, 0.15) is 104 Å². The monoisotopic (exact) mass is 1100 g/mol. The van der Waals surface area contributed by atoms with Gasteiger partial charge < -0.3 is 124 Å². The first-order chi connectivity index (χ1) is 36.0. The average Bonchev–Trinajstić information content (AvgIpc) is 4.09. The first kappa shape index (κ1) is 58.2. The quantitative estimate of drug-likeness (QED) is 0.0814. The van der Waals surface area contributed by atoms with Crippen LogP contribution in [0.2, 0.25) is 0 Å². The van der Waals surface area contributed by atoms with E-state index < -0.39 is 173 Å². The molecule has 4 aliphatic carbocycles. The third-order valence-corrected chi connectivity index (χ3v) is 20.4. The van der Waals surface area contributed by atoms with Gasteiger partial charge in [-0.15, -0.1) is 0 Å². The van der Waals surface area contributed by atoms with E-state index in [1.54, 1.807) is 0 Å². The molecule has 25 heteroatoms. The Morgan fingerprint density at radius 3 is 1.49 bits per heavy atom.